The first-order valence-corrected chi connectivity index (χ1v) is 6.96. The molecule has 0 aliphatic carbocycles. The smallest absolute Gasteiger partial charge is 0.365 e. The molecule has 0 saturated carbocycles. The van der Waals surface area contributed by atoms with Gasteiger partial charge in [0.15, 0.2) is 0 Å². The maximum atomic E-state index is 12.5. The Morgan fingerprint density at radius 1 is 1.30 bits per heavy atom. The maximum absolute atomic E-state index is 12.5. The molecule has 1 heterocycles. The van der Waals surface area contributed by atoms with E-state index in [0.29, 0.717) is 5.56 Å². The van der Waals surface area contributed by atoms with E-state index in [1.807, 2.05) is 0 Å². The summed E-state index contributed by atoms with van der Waals surface area (Å²) < 4.78 is 37.6. The lowest BCUT2D eigenvalue weighted by molar-refractivity contribution is -0.137. The number of hydrogen-bond acceptors (Lipinski definition) is 3. The predicted molar refractivity (Wildman–Crippen MR) is 81.4 cm³/mol. The summed E-state index contributed by atoms with van der Waals surface area (Å²) >= 11 is 5.82. The van der Waals surface area contributed by atoms with E-state index < -0.39 is 11.7 Å². The topological polar surface area (TPSA) is 54.0 Å². The standard InChI is InChI=1S/C15H13ClF3N3O/c1-20-14(23)10-4-2-3-9(5-10)7-21-13-12(16)6-11(8-22-13)15(17,18)19/h2-6,8H,7H2,1H3,(H,20,23)(H,21,22). The van der Waals surface area contributed by atoms with Crippen molar-refractivity contribution >= 4 is 23.3 Å². The molecule has 2 rings (SSSR count). The van der Waals surface area contributed by atoms with Crippen LogP contribution in [0.15, 0.2) is 36.5 Å². The lowest BCUT2D eigenvalue weighted by atomic mass is 10.1. The van der Waals surface area contributed by atoms with Gasteiger partial charge in [-0.15, -0.1) is 0 Å². The summed E-state index contributed by atoms with van der Waals surface area (Å²) in [4.78, 5) is 15.2. The quantitative estimate of drug-likeness (QED) is 0.889. The highest BCUT2D eigenvalue weighted by molar-refractivity contribution is 6.32. The van der Waals surface area contributed by atoms with E-state index >= 15 is 0 Å². The number of hydrogen-bond donors (Lipinski definition) is 2. The van der Waals surface area contributed by atoms with E-state index in [0.717, 1.165) is 17.8 Å². The molecular formula is C15H13ClF3N3O. The van der Waals surface area contributed by atoms with Crippen LogP contribution in [-0.2, 0) is 12.7 Å². The monoisotopic (exact) mass is 343 g/mol. The highest BCUT2D eigenvalue weighted by atomic mass is 35.5. The SMILES string of the molecule is CNC(=O)c1cccc(CNc2ncc(C(F)(F)F)cc2Cl)c1. The number of aromatic nitrogens is 1. The van der Waals surface area contributed by atoms with Crippen molar-refractivity contribution in [3.05, 3.63) is 58.2 Å². The van der Waals surface area contributed by atoms with Crippen molar-refractivity contribution in [2.45, 2.75) is 12.7 Å². The number of nitrogens with zero attached hydrogens (tertiary/aromatic N) is 1. The van der Waals surface area contributed by atoms with E-state index in [2.05, 4.69) is 15.6 Å². The number of carbonyl (C=O) groups is 1. The van der Waals surface area contributed by atoms with Gasteiger partial charge in [-0.1, -0.05) is 23.7 Å². The molecule has 0 radical (unpaired) electrons. The second kappa shape index (κ2) is 6.87. The van der Waals surface area contributed by atoms with Crippen LogP contribution in [0.25, 0.3) is 0 Å². The summed E-state index contributed by atoms with van der Waals surface area (Å²) in [7, 11) is 1.53. The Morgan fingerprint density at radius 2 is 2.04 bits per heavy atom. The number of nitrogens with one attached hydrogen (secondary N) is 2. The van der Waals surface area contributed by atoms with Gasteiger partial charge in [0.2, 0.25) is 0 Å². The third kappa shape index (κ3) is 4.35. The molecule has 1 amide bonds. The molecule has 0 fully saturated rings. The molecule has 23 heavy (non-hydrogen) atoms. The van der Waals surface area contributed by atoms with Crippen LogP contribution < -0.4 is 10.6 Å². The van der Waals surface area contributed by atoms with Crippen LogP contribution in [0.5, 0.6) is 0 Å². The van der Waals surface area contributed by atoms with E-state index in [9.17, 15) is 18.0 Å². The van der Waals surface area contributed by atoms with E-state index in [1.54, 1.807) is 24.3 Å². The summed E-state index contributed by atoms with van der Waals surface area (Å²) in [5.41, 5.74) is 0.344. The van der Waals surface area contributed by atoms with Crippen LogP contribution in [0.2, 0.25) is 5.02 Å². The number of pyridine rings is 1. The van der Waals surface area contributed by atoms with E-state index in [-0.39, 0.29) is 23.3 Å². The number of amides is 1. The zero-order chi connectivity index (χ0) is 17.0. The largest absolute Gasteiger partial charge is 0.417 e. The summed E-state index contributed by atoms with van der Waals surface area (Å²) in [5, 5.41) is 5.24. The Balaban J connectivity index is 2.11. The van der Waals surface area contributed by atoms with Gasteiger partial charge in [0, 0.05) is 25.4 Å². The maximum Gasteiger partial charge on any atom is 0.417 e. The van der Waals surface area contributed by atoms with Crippen molar-refractivity contribution in [3.63, 3.8) is 0 Å². The number of carbonyl (C=O) groups excluding carboxylic acids is 1. The highest BCUT2D eigenvalue weighted by Crippen LogP contribution is 2.32. The van der Waals surface area contributed by atoms with Gasteiger partial charge in [-0.2, -0.15) is 13.2 Å². The molecule has 122 valence electrons. The number of alkyl halides is 3. The molecule has 0 saturated heterocycles. The first kappa shape index (κ1) is 17.1. The summed E-state index contributed by atoms with van der Waals surface area (Å²) in [6, 6.07) is 7.63. The molecule has 0 spiro atoms. The highest BCUT2D eigenvalue weighted by Gasteiger charge is 2.31. The Morgan fingerprint density at radius 3 is 2.65 bits per heavy atom. The molecule has 0 atom stereocenters. The molecule has 2 aromatic rings. The molecule has 0 aliphatic rings. The van der Waals surface area contributed by atoms with Crippen molar-refractivity contribution in [3.8, 4) is 0 Å². The molecule has 8 heteroatoms. The Hall–Kier alpha value is -2.28. The normalized spacial score (nSPS) is 11.2. The van der Waals surface area contributed by atoms with Gasteiger partial charge >= 0.3 is 6.18 Å². The van der Waals surface area contributed by atoms with Crippen molar-refractivity contribution in [2.75, 3.05) is 12.4 Å². The van der Waals surface area contributed by atoms with Crippen LogP contribution in [-0.4, -0.2) is 17.9 Å². The molecule has 0 unspecified atom stereocenters. The fourth-order valence-electron chi connectivity index (χ4n) is 1.88. The Kier molecular flexibility index (Phi) is 5.10. The molecule has 0 aliphatic heterocycles. The second-order valence-electron chi connectivity index (χ2n) is 4.69. The van der Waals surface area contributed by atoms with Gasteiger partial charge in [0.1, 0.15) is 5.82 Å². The summed E-state index contributed by atoms with van der Waals surface area (Å²) in [6.07, 6.45) is -3.77. The number of rotatable bonds is 4. The zero-order valence-corrected chi connectivity index (χ0v) is 12.8. The number of halogens is 4. The van der Waals surface area contributed by atoms with Crippen molar-refractivity contribution in [1.29, 1.82) is 0 Å². The molecule has 1 aromatic carbocycles. The van der Waals surface area contributed by atoms with Crippen LogP contribution in [0.1, 0.15) is 21.5 Å². The van der Waals surface area contributed by atoms with Crippen LogP contribution in [0.3, 0.4) is 0 Å². The minimum atomic E-state index is -4.49. The van der Waals surface area contributed by atoms with Crippen molar-refractivity contribution in [1.82, 2.24) is 10.3 Å². The van der Waals surface area contributed by atoms with Gasteiger partial charge in [-0.25, -0.2) is 4.98 Å². The molecule has 4 nitrogen and oxygen atoms in total. The Labute approximate surface area is 135 Å². The lowest BCUT2D eigenvalue weighted by Crippen LogP contribution is -2.18. The fourth-order valence-corrected chi connectivity index (χ4v) is 2.11. The van der Waals surface area contributed by atoms with Crippen LogP contribution in [0, 0.1) is 0 Å². The third-order valence-corrected chi connectivity index (χ3v) is 3.33. The molecule has 0 bridgehead atoms. The van der Waals surface area contributed by atoms with Gasteiger partial charge in [0.25, 0.3) is 5.91 Å². The average molecular weight is 344 g/mol. The molecule has 2 N–H and O–H groups in total. The summed E-state index contributed by atoms with van der Waals surface area (Å²) in [5.74, 6) is -0.0810. The van der Waals surface area contributed by atoms with E-state index in [1.165, 1.54) is 7.05 Å². The van der Waals surface area contributed by atoms with Crippen LogP contribution in [0.4, 0.5) is 19.0 Å². The van der Waals surface area contributed by atoms with E-state index in [4.69, 9.17) is 11.6 Å². The molecular weight excluding hydrogens is 331 g/mol. The van der Waals surface area contributed by atoms with Crippen molar-refractivity contribution < 1.29 is 18.0 Å². The van der Waals surface area contributed by atoms with Gasteiger partial charge in [0.05, 0.1) is 10.6 Å². The predicted octanol–water partition coefficient (Wildman–Crippen LogP) is 3.73. The van der Waals surface area contributed by atoms with Gasteiger partial charge in [-0.3, -0.25) is 4.79 Å². The van der Waals surface area contributed by atoms with Gasteiger partial charge < -0.3 is 10.6 Å². The second-order valence-corrected chi connectivity index (χ2v) is 5.09. The lowest BCUT2D eigenvalue weighted by Gasteiger charge is -2.11. The first-order valence-electron chi connectivity index (χ1n) is 6.59. The third-order valence-electron chi connectivity index (χ3n) is 3.04. The van der Waals surface area contributed by atoms with Crippen LogP contribution >= 0.6 is 11.6 Å². The molecule has 1 aromatic heterocycles. The number of benzene rings is 1. The minimum absolute atomic E-state index is 0.123. The minimum Gasteiger partial charge on any atom is -0.365 e. The average Bonchev–Trinajstić information content (AvgIpc) is 2.52. The summed E-state index contributed by atoms with van der Waals surface area (Å²) in [6.45, 7) is 0.267. The Bertz CT molecular complexity index is 719. The zero-order valence-electron chi connectivity index (χ0n) is 12.0. The van der Waals surface area contributed by atoms with Gasteiger partial charge in [-0.05, 0) is 23.8 Å². The number of anilines is 1. The first-order chi connectivity index (χ1) is 10.8. The van der Waals surface area contributed by atoms with Crippen molar-refractivity contribution in [2.24, 2.45) is 0 Å². The fraction of sp³-hybridized carbons (Fsp3) is 0.200.